The molecule has 174 valence electrons. The summed E-state index contributed by atoms with van der Waals surface area (Å²) < 4.78 is 10.5. The first-order valence-electron chi connectivity index (χ1n) is 10.4. The Kier molecular flexibility index (Phi) is 7.09. The highest BCUT2D eigenvalue weighted by Crippen LogP contribution is 2.35. The van der Waals surface area contributed by atoms with Crippen molar-refractivity contribution in [2.45, 2.75) is 20.1 Å². The minimum absolute atomic E-state index is 0.236. The normalized spacial score (nSPS) is 10.8. The number of nitrogens with one attached hydrogen (secondary N) is 2. The molecule has 10 heteroatoms. The fourth-order valence-corrected chi connectivity index (χ4v) is 4.49. The third kappa shape index (κ3) is 5.03. The maximum atomic E-state index is 13.1. The highest BCUT2D eigenvalue weighted by atomic mass is 32.1. The number of hydrogen-bond donors (Lipinski definition) is 2. The van der Waals surface area contributed by atoms with Crippen molar-refractivity contribution >= 4 is 39.1 Å². The van der Waals surface area contributed by atoms with Crippen molar-refractivity contribution in [3.63, 3.8) is 0 Å². The second-order valence-electron chi connectivity index (χ2n) is 7.36. The third-order valence-electron chi connectivity index (χ3n) is 5.02. The van der Waals surface area contributed by atoms with Gasteiger partial charge in [0.15, 0.2) is 5.82 Å². The van der Waals surface area contributed by atoms with E-state index in [0.717, 1.165) is 11.3 Å². The summed E-state index contributed by atoms with van der Waals surface area (Å²) in [6.07, 6.45) is 1.67. The van der Waals surface area contributed by atoms with Gasteiger partial charge in [-0.05, 0) is 42.8 Å². The Bertz CT molecular complexity index is 1340. The number of rotatable bonds is 8. The Morgan fingerprint density at radius 1 is 1.06 bits per heavy atom. The van der Waals surface area contributed by atoms with Gasteiger partial charge in [-0.1, -0.05) is 12.1 Å². The van der Waals surface area contributed by atoms with E-state index in [1.807, 2.05) is 25.1 Å². The molecular formula is C24H23N5O4S. The van der Waals surface area contributed by atoms with Crippen LogP contribution < -0.4 is 15.4 Å². The number of hydrogen-bond acceptors (Lipinski definition) is 8. The first-order valence-corrected chi connectivity index (χ1v) is 11.2. The minimum atomic E-state index is -0.304. The van der Waals surface area contributed by atoms with Gasteiger partial charge in [-0.15, -0.1) is 11.3 Å². The molecule has 2 amide bonds. The minimum Gasteiger partial charge on any atom is -0.480 e. The van der Waals surface area contributed by atoms with Gasteiger partial charge in [0, 0.05) is 24.6 Å². The zero-order valence-corrected chi connectivity index (χ0v) is 19.7. The zero-order chi connectivity index (χ0) is 24.1. The number of aromatic nitrogens is 3. The molecule has 0 spiro atoms. The van der Waals surface area contributed by atoms with Crippen LogP contribution in [0.4, 0.5) is 5.69 Å². The summed E-state index contributed by atoms with van der Waals surface area (Å²) in [5.74, 6) is 0.313. The second kappa shape index (κ2) is 10.4. The van der Waals surface area contributed by atoms with E-state index in [9.17, 15) is 9.59 Å². The number of anilines is 1. The van der Waals surface area contributed by atoms with Crippen molar-refractivity contribution in [1.82, 2.24) is 20.3 Å². The lowest BCUT2D eigenvalue weighted by Crippen LogP contribution is -2.23. The van der Waals surface area contributed by atoms with E-state index in [-0.39, 0.29) is 18.4 Å². The Balaban J connectivity index is 1.52. The van der Waals surface area contributed by atoms with Gasteiger partial charge in [0.1, 0.15) is 11.4 Å². The Morgan fingerprint density at radius 2 is 1.91 bits per heavy atom. The number of aryl methyl sites for hydroxylation is 1. The monoisotopic (exact) mass is 477 g/mol. The second-order valence-corrected chi connectivity index (χ2v) is 8.36. The number of benzene rings is 1. The van der Waals surface area contributed by atoms with Gasteiger partial charge in [0.25, 0.3) is 11.8 Å². The first kappa shape index (κ1) is 23.3. The predicted molar refractivity (Wildman–Crippen MR) is 129 cm³/mol. The summed E-state index contributed by atoms with van der Waals surface area (Å²) in [5, 5.41) is 6.40. The lowest BCUT2D eigenvalue weighted by Gasteiger charge is -2.08. The van der Waals surface area contributed by atoms with Crippen LogP contribution >= 0.6 is 11.3 Å². The van der Waals surface area contributed by atoms with Crippen LogP contribution in [-0.2, 0) is 17.9 Å². The molecule has 0 radical (unpaired) electrons. The largest absolute Gasteiger partial charge is 0.480 e. The molecule has 0 aliphatic carbocycles. The molecule has 4 rings (SSSR count). The van der Waals surface area contributed by atoms with Crippen LogP contribution in [0.15, 0.2) is 48.7 Å². The Hall–Kier alpha value is -3.89. The molecule has 0 atom stereocenters. The number of methoxy groups -OCH3 is 2. The number of carbonyl (C=O) groups is 2. The molecule has 34 heavy (non-hydrogen) atoms. The van der Waals surface area contributed by atoms with Gasteiger partial charge in [-0.3, -0.25) is 14.6 Å². The number of amides is 2. The molecule has 9 nitrogen and oxygen atoms in total. The van der Waals surface area contributed by atoms with Crippen molar-refractivity contribution in [2.24, 2.45) is 0 Å². The molecule has 0 bridgehead atoms. The van der Waals surface area contributed by atoms with Gasteiger partial charge < -0.3 is 20.1 Å². The number of pyridine rings is 1. The number of thiophene rings is 1. The SMILES string of the molecule is COCc1nc(OC)c2c(C)c(C(=O)Nc3cccc(C(=O)NCc4ccccn4)c3)sc2n1. The zero-order valence-electron chi connectivity index (χ0n) is 18.9. The average Bonchev–Trinajstić information content (AvgIpc) is 3.19. The quantitative estimate of drug-likeness (QED) is 0.397. The van der Waals surface area contributed by atoms with Crippen LogP contribution in [0.2, 0.25) is 0 Å². The summed E-state index contributed by atoms with van der Waals surface area (Å²) in [7, 11) is 3.09. The van der Waals surface area contributed by atoms with E-state index in [0.29, 0.717) is 44.6 Å². The maximum Gasteiger partial charge on any atom is 0.266 e. The van der Waals surface area contributed by atoms with Gasteiger partial charge in [0.05, 0.1) is 29.6 Å². The average molecular weight is 478 g/mol. The van der Waals surface area contributed by atoms with Crippen LogP contribution in [0.5, 0.6) is 5.88 Å². The van der Waals surface area contributed by atoms with E-state index in [1.54, 1.807) is 37.6 Å². The number of ether oxygens (including phenoxy) is 2. The van der Waals surface area contributed by atoms with Crippen LogP contribution in [-0.4, -0.2) is 41.0 Å². The van der Waals surface area contributed by atoms with E-state index in [1.165, 1.54) is 18.4 Å². The lowest BCUT2D eigenvalue weighted by atomic mass is 10.1. The molecule has 3 aromatic heterocycles. The summed E-state index contributed by atoms with van der Waals surface area (Å²) in [6.45, 7) is 2.38. The number of fused-ring (bicyclic) bond motifs is 1. The van der Waals surface area contributed by atoms with Crippen molar-refractivity contribution in [3.05, 3.63) is 76.2 Å². The van der Waals surface area contributed by atoms with E-state index in [2.05, 4.69) is 25.6 Å². The molecule has 0 saturated heterocycles. The van der Waals surface area contributed by atoms with Gasteiger partial charge in [0.2, 0.25) is 5.88 Å². The lowest BCUT2D eigenvalue weighted by molar-refractivity contribution is 0.0949. The highest BCUT2D eigenvalue weighted by molar-refractivity contribution is 7.20. The standard InChI is InChI=1S/C24H23N5O4S/c1-14-19-23(33-3)28-18(13-32-2)29-24(19)34-20(14)22(31)27-16-9-6-7-15(11-16)21(30)26-12-17-8-4-5-10-25-17/h4-11H,12-13H2,1-3H3,(H,26,30)(H,27,31). The van der Waals surface area contributed by atoms with E-state index < -0.39 is 0 Å². The summed E-state index contributed by atoms with van der Waals surface area (Å²) in [4.78, 5) is 39.8. The van der Waals surface area contributed by atoms with Crippen LogP contribution in [0.1, 0.15) is 37.1 Å². The molecule has 0 aliphatic rings. The Morgan fingerprint density at radius 3 is 2.65 bits per heavy atom. The number of carbonyl (C=O) groups excluding carboxylic acids is 2. The fourth-order valence-electron chi connectivity index (χ4n) is 3.40. The molecule has 0 unspecified atom stereocenters. The molecule has 4 aromatic rings. The van der Waals surface area contributed by atoms with Crippen molar-refractivity contribution in [3.8, 4) is 5.88 Å². The van der Waals surface area contributed by atoms with Crippen LogP contribution in [0.3, 0.4) is 0 Å². The fraction of sp³-hybridized carbons (Fsp3) is 0.208. The van der Waals surface area contributed by atoms with Gasteiger partial charge in [-0.2, -0.15) is 4.98 Å². The molecule has 0 saturated carbocycles. The number of nitrogens with zero attached hydrogens (tertiary/aromatic N) is 3. The molecule has 0 aliphatic heterocycles. The molecule has 2 N–H and O–H groups in total. The van der Waals surface area contributed by atoms with Gasteiger partial charge >= 0.3 is 0 Å². The van der Waals surface area contributed by atoms with Crippen molar-refractivity contribution < 1.29 is 19.1 Å². The molecule has 1 aromatic carbocycles. The van der Waals surface area contributed by atoms with Crippen LogP contribution in [0, 0.1) is 6.92 Å². The van der Waals surface area contributed by atoms with Crippen molar-refractivity contribution in [1.29, 1.82) is 0 Å². The summed E-state index contributed by atoms with van der Waals surface area (Å²) in [5.41, 5.74) is 2.42. The summed E-state index contributed by atoms with van der Waals surface area (Å²) >= 11 is 1.25. The topological polar surface area (TPSA) is 115 Å². The maximum absolute atomic E-state index is 13.1. The van der Waals surface area contributed by atoms with Crippen LogP contribution in [0.25, 0.3) is 10.2 Å². The van der Waals surface area contributed by atoms with Gasteiger partial charge in [-0.25, -0.2) is 4.98 Å². The smallest absolute Gasteiger partial charge is 0.266 e. The molecule has 0 fully saturated rings. The highest BCUT2D eigenvalue weighted by Gasteiger charge is 2.21. The predicted octanol–water partition coefficient (Wildman–Crippen LogP) is 3.73. The first-order chi connectivity index (χ1) is 16.5. The van der Waals surface area contributed by atoms with E-state index in [4.69, 9.17) is 9.47 Å². The Labute approximate surface area is 200 Å². The molecule has 3 heterocycles. The third-order valence-corrected chi connectivity index (χ3v) is 6.20. The summed E-state index contributed by atoms with van der Waals surface area (Å²) in [6, 6.07) is 12.3. The molecular weight excluding hydrogens is 454 g/mol. The van der Waals surface area contributed by atoms with Crippen molar-refractivity contribution in [2.75, 3.05) is 19.5 Å². The van der Waals surface area contributed by atoms with E-state index >= 15 is 0 Å².